The number of methoxy groups -OCH3 is 1. The monoisotopic (exact) mass is 549 g/mol. The molecular weight excluding hydrogens is 506 g/mol. The fraction of sp³-hybridized carbons (Fsp3) is 0.667. The molecule has 2 bridgehead atoms. The molecule has 0 aromatic heterocycles. The summed E-state index contributed by atoms with van der Waals surface area (Å²) in [6, 6.07) is 0.0922. The number of rotatable bonds is 5. The zero-order valence-corrected chi connectivity index (χ0v) is 23.8. The van der Waals surface area contributed by atoms with E-state index in [4.69, 9.17) is 14.2 Å². The molecule has 8 unspecified atom stereocenters. The quantitative estimate of drug-likeness (QED) is 0.378. The molecule has 5 aliphatic heterocycles. The Bertz CT molecular complexity index is 1210. The van der Waals surface area contributed by atoms with Crippen molar-refractivity contribution in [1.82, 2.24) is 4.90 Å². The summed E-state index contributed by atoms with van der Waals surface area (Å²) < 4.78 is 17.7. The van der Waals surface area contributed by atoms with Crippen LogP contribution in [0.4, 0.5) is 0 Å². The molecule has 7 nitrogen and oxygen atoms in total. The average molecular weight is 550 g/mol. The number of cyclic esters (lactones) is 1. The number of ether oxygens (including phenoxy) is 3. The SMILES string of the molecule is COC1=C(CO)C(=O)OC1=C1OC2=CC3C=CC4(CCCC(C(O)C5C=CCC(C6CCCC6)C5)N4C3)C2C1C. The van der Waals surface area contributed by atoms with Crippen LogP contribution in [0.3, 0.4) is 0 Å². The number of aliphatic hydroxyl groups excluding tert-OH is 2. The fourth-order valence-electron chi connectivity index (χ4n) is 9.38. The molecule has 3 fully saturated rings. The lowest BCUT2D eigenvalue weighted by molar-refractivity contribution is -0.133. The van der Waals surface area contributed by atoms with Crippen LogP contribution in [0.2, 0.25) is 0 Å². The molecule has 8 aliphatic rings. The van der Waals surface area contributed by atoms with Gasteiger partial charge in [-0.15, -0.1) is 0 Å². The van der Waals surface area contributed by atoms with Gasteiger partial charge >= 0.3 is 5.97 Å². The minimum atomic E-state index is -0.586. The Balaban J connectivity index is 1.20. The molecule has 5 heterocycles. The zero-order chi connectivity index (χ0) is 27.6. The minimum absolute atomic E-state index is 0.0388. The number of aliphatic hydroxyl groups is 2. The number of hydrogen-bond acceptors (Lipinski definition) is 7. The van der Waals surface area contributed by atoms with E-state index in [1.807, 2.05) is 0 Å². The highest BCUT2D eigenvalue weighted by Gasteiger charge is 2.59. The number of allylic oxidation sites excluding steroid dienone is 2. The summed E-state index contributed by atoms with van der Waals surface area (Å²) in [5.41, 5.74) is -0.145. The molecule has 216 valence electrons. The van der Waals surface area contributed by atoms with Crippen molar-refractivity contribution in [2.24, 2.45) is 35.5 Å². The molecule has 8 rings (SSSR count). The van der Waals surface area contributed by atoms with E-state index in [9.17, 15) is 15.0 Å². The summed E-state index contributed by atoms with van der Waals surface area (Å²) in [7, 11) is 1.49. The second kappa shape index (κ2) is 10.2. The molecule has 2 saturated heterocycles. The van der Waals surface area contributed by atoms with Crippen molar-refractivity contribution in [3.63, 3.8) is 0 Å². The van der Waals surface area contributed by atoms with Crippen molar-refractivity contribution in [3.05, 3.63) is 59.0 Å². The molecule has 1 saturated carbocycles. The second-order valence-corrected chi connectivity index (χ2v) is 13.2. The molecule has 0 radical (unpaired) electrons. The maximum absolute atomic E-state index is 12.5. The number of piperidine rings is 1. The van der Waals surface area contributed by atoms with Crippen molar-refractivity contribution in [3.8, 4) is 0 Å². The average Bonchev–Trinajstić information content (AvgIpc) is 3.66. The Hall–Kier alpha value is -2.35. The van der Waals surface area contributed by atoms with Crippen LogP contribution in [0.5, 0.6) is 0 Å². The number of carbonyl (C=O) groups is 1. The van der Waals surface area contributed by atoms with Gasteiger partial charge in [0.15, 0.2) is 11.5 Å². The third kappa shape index (κ3) is 3.98. The summed E-state index contributed by atoms with van der Waals surface area (Å²) in [6.07, 6.45) is 22.0. The second-order valence-electron chi connectivity index (χ2n) is 13.2. The lowest BCUT2D eigenvalue weighted by Crippen LogP contribution is -2.65. The Labute approximate surface area is 237 Å². The van der Waals surface area contributed by atoms with Crippen LogP contribution >= 0.6 is 0 Å². The van der Waals surface area contributed by atoms with Gasteiger partial charge in [0.05, 0.1) is 25.4 Å². The van der Waals surface area contributed by atoms with Gasteiger partial charge in [-0.1, -0.05) is 56.9 Å². The van der Waals surface area contributed by atoms with Crippen molar-refractivity contribution >= 4 is 5.97 Å². The first kappa shape index (κ1) is 26.5. The lowest BCUT2D eigenvalue weighted by atomic mass is 9.66. The van der Waals surface area contributed by atoms with Crippen molar-refractivity contribution in [2.75, 3.05) is 20.3 Å². The van der Waals surface area contributed by atoms with E-state index in [1.54, 1.807) is 0 Å². The summed E-state index contributed by atoms with van der Waals surface area (Å²) in [4.78, 5) is 15.1. The zero-order valence-electron chi connectivity index (χ0n) is 23.8. The molecule has 8 atom stereocenters. The van der Waals surface area contributed by atoms with Crippen LogP contribution in [0.25, 0.3) is 0 Å². The first-order valence-electron chi connectivity index (χ1n) is 15.5. The Kier molecular flexibility index (Phi) is 6.75. The van der Waals surface area contributed by atoms with Crippen LogP contribution < -0.4 is 0 Å². The molecular formula is C33H43NO6. The lowest BCUT2D eigenvalue weighted by Gasteiger charge is -2.56. The van der Waals surface area contributed by atoms with Crippen molar-refractivity contribution < 1.29 is 29.2 Å². The number of esters is 1. The summed E-state index contributed by atoms with van der Waals surface area (Å²) in [6.45, 7) is 2.58. The van der Waals surface area contributed by atoms with E-state index in [0.717, 1.165) is 43.9 Å². The first-order chi connectivity index (χ1) is 19.4. The predicted molar refractivity (Wildman–Crippen MR) is 149 cm³/mol. The van der Waals surface area contributed by atoms with Crippen LogP contribution in [-0.2, 0) is 19.0 Å². The van der Waals surface area contributed by atoms with Gasteiger partial charge in [-0.3, -0.25) is 4.90 Å². The van der Waals surface area contributed by atoms with Gasteiger partial charge in [0.2, 0.25) is 5.76 Å². The largest absolute Gasteiger partial charge is 0.492 e. The highest BCUT2D eigenvalue weighted by atomic mass is 16.6. The molecule has 2 N–H and O–H groups in total. The number of carbonyl (C=O) groups excluding carboxylic acids is 1. The van der Waals surface area contributed by atoms with E-state index in [0.29, 0.717) is 17.4 Å². The van der Waals surface area contributed by atoms with Gasteiger partial charge in [-0.25, -0.2) is 4.79 Å². The van der Waals surface area contributed by atoms with Crippen molar-refractivity contribution in [2.45, 2.75) is 82.4 Å². The molecule has 7 heteroatoms. The standard InChI is InChI=1S/C33H43NO6/c1-19-27-26(39-29(19)31-30(38-2)24(18-35)32(37)40-31)15-20-12-14-33(27)13-6-11-25(34(33)17-20)28(36)23-10-5-9-22(16-23)21-7-3-4-8-21/h5,10,12,14-15,19-23,25,27-28,35-36H,3-4,6-9,11,13,16-18H2,1-2H3. The first-order valence-corrected chi connectivity index (χ1v) is 15.5. The Morgan fingerprint density at radius 3 is 2.75 bits per heavy atom. The van der Waals surface area contributed by atoms with Crippen LogP contribution in [0.15, 0.2) is 59.0 Å². The third-order valence-electron chi connectivity index (χ3n) is 11.2. The molecule has 3 aliphatic carbocycles. The fourth-order valence-corrected chi connectivity index (χ4v) is 9.38. The summed E-state index contributed by atoms with van der Waals surface area (Å²) in [5, 5.41) is 21.8. The molecule has 0 amide bonds. The third-order valence-corrected chi connectivity index (χ3v) is 11.2. The Morgan fingerprint density at radius 2 is 1.98 bits per heavy atom. The van der Waals surface area contributed by atoms with Gasteiger partial charge in [0, 0.05) is 36.3 Å². The molecule has 1 spiro atoms. The van der Waals surface area contributed by atoms with E-state index >= 15 is 0 Å². The van der Waals surface area contributed by atoms with Gasteiger partial charge in [0.25, 0.3) is 0 Å². The van der Waals surface area contributed by atoms with E-state index in [-0.39, 0.29) is 46.6 Å². The maximum atomic E-state index is 12.5. The van der Waals surface area contributed by atoms with Gasteiger partial charge < -0.3 is 24.4 Å². The van der Waals surface area contributed by atoms with Crippen LogP contribution in [0, 0.1) is 35.5 Å². The minimum Gasteiger partial charge on any atom is -0.492 e. The predicted octanol–water partition coefficient (Wildman–Crippen LogP) is 4.74. The van der Waals surface area contributed by atoms with Crippen LogP contribution in [0.1, 0.15) is 64.7 Å². The highest BCUT2D eigenvalue weighted by Crippen LogP contribution is 2.57. The number of nitrogens with zero attached hydrogens (tertiary/aromatic N) is 1. The van der Waals surface area contributed by atoms with Gasteiger partial charge in [0.1, 0.15) is 11.3 Å². The maximum Gasteiger partial charge on any atom is 0.345 e. The van der Waals surface area contributed by atoms with Crippen molar-refractivity contribution in [1.29, 1.82) is 0 Å². The molecule has 40 heavy (non-hydrogen) atoms. The smallest absolute Gasteiger partial charge is 0.345 e. The van der Waals surface area contributed by atoms with Gasteiger partial charge in [-0.05, 0) is 50.0 Å². The summed E-state index contributed by atoms with van der Waals surface area (Å²) >= 11 is 0. The van der Waals surface area contributed by atoms with E-state index in [1.165, 1.54) is 39.2 Å². The summed E-state index contributed by atoms with van der Waals surface area (Å²) in [5.74, 6) is 3.38. The van der Waals surface area contributed by atoms with E-state index < -0.39 is 18.7 Å². The molecule has 0 aromatic rings. The normalized spacial score (nSPS) is 41.9. The van der Waals surface area contributed by atoms with E-state index in [2.05, 4.69) is 42.2 Å². The highest BCUT2D eigenvalue weighted by molar-refractivity contribution is 5.94. The number of hydrogen-bond donors (Lipinski definition) is 2. The topological polar surface area (TPSA) is 88.5 Å². The van der Waals surface area contributed by atoms with Gasteiger partial charge in [-0.2, -0.15) is 0 Å². The Morgan fingerprint density at radius 1 is 1.15 bits per heavy atom. The van der Waals surface area contributed by atoms with Crippen LogP contribution in [-0.4, -0.2) is 59.0 Å². The molecule has 0 aromatic carbocycles.